The lowest BCUT2D eigenvalue weighted by atomic mass is 10.0. The number of benzene rings is 2. The molecule has 0 aliphatic carbocycles. The Morgan fingerprint density at radius 2 is 1.76 bits per heavy atom. The molecule has 3 aromatic rings. The highest BCUT2D eigenvalue weighted by Crippen LogP contribution is 2.19. The summed E-state index contributed by atoms with van der Waals surface area (Å²) >= 11 is 1.30. The molecule has 0 bridgehead atoms. The Morgan fingerprint density at radius 3 is 2.41 bits per heavy atom. The summed E-state index contributed by atoms with van der Waals surface area (Å²) < 4.78 is 1.37. The molecule has 0 aliphatic heterocycles. The van der Waals surface area contributed by atoms with Crippen molar-refractivity contribution in [1.29, 1.82) is 0 Å². The fraction of sp³-hybridized carbons (Fsp3) is 0.261. The monoisotopic (exact) mass is 407 g/mol. The molecule has 3 rings (SSSR count). The Morgan fingerprint density at radius 1 is 1.03 bits per heavy atom. The van der Waals surface area contributed by atoms with E-state index in [1.54, 1.807) is 6.07 Å². The van der Waals surface area contributed by atoms with Crippen LogP contribution in [0, 0.1) is 13.8 Å². The number of thioether (sulfide) groups is 1. The topological polar surface area (TPSA) is 64.0 Å². The number of rotatable bonds is 6. The van der Waals surface area contributed by atoms with Gasteiger partial charge in [-0.05, 0) is 66.8 Å². The molecule has 0 fully saturated rings. The van der Waals surface area contributed by atoms with Gasteiger partial charge >= 0.3 is 0 Å². The maximum absolute atomic E-state index is 12.3. The minimum Gasteiger partial charge on any atom is -0.325 e. The van der Waals surface area contributed by atoms with Crippen molar-refractivity contribution in [3.8, 4) is 5.69 Å². The summed E-state index contributed by atoms with van der Waals surface area (Å²) in [5, 5.41) is 7.93. The van der Waals surface area contributed by atoms with Crippen molar-refractivity contribution in [2.45, 2.75) is 38.6 Å². The van der Waals surface area contributed by atoms with E-state index >= 15 is 0 Å². The van der Waals surface area contributed by atoms with E-state index in [0.29, 0.717) is 16.6 Å². The van der Waals surface area contributed by atoms with Crippen molar-refractivity contribution >= 4 is 23.4 Å². The fourth-order valence-electron chi connectivity index (χ4n) is 2.81. The molecule has 2 aromatic carbocycles. The Bertz CT molecular complexity index is 1070. The van der Waals surface area contributed by atoms with Crippen LogP contribution in [0.2, 0.25) is 0 Å². The van der Waals surface area contributed by atoms with E-state index in [4.69, 9.17) is 0 Å². The number of carbonyl (C=O) groups excluding carboxylic acids is 1. The van der Waals surface area contributed by atoms with E-state index in [2.05, 4.69) is 24.3 Å². The number of carbonyl (C=O) groups is 1. The van der Waals surface area contributed by atoms with Gasteiger partial charge in [0.25, 0.3) is 5.56 Å². The third-order valence-corrected chi connectivity index (χ3v) is 5.64. The normalized spacial score (nSPS) is 10.9. The van der Waals surface area contributed by atoms with Gasteiger partial charge in [-0.25, -0.2) is 0 Å². The molecule has 150 valence electrons. The number of nitrogens with zero attached hydrogens (tertiary/aromatic N) is 2. The van der Waals surface area contributed by atoms with Gasteiger partial charge in [-0.2, -0.15) is 9.78 Å². The number of amides is 1. The lowest BCUT2D eigenvalue weighted by Crippen LogP contribution is -2.21. The molecule has 29 heavy (non-hydrogen) atoms. The van der Waals surface area contributed by atoms with Crippen LogP contribution in [0.25, 0.3) is 5.69 Å². The maximum atomic E-state index is 12.3. The Kier molecular flexibility index (Phi) is 6.54. The van der Waals surface area contributed by atoms with Gasteiger partial charge in [0, 0.05) is 11.8 Å². The van der Waals surface area contributed by atoms with Gasteiger partial charge in [-0.3, -0.25) is 9.59 Å². The summed E-state index contributed by atoms with van der Waals surface area (Å²) in [6.07, 6.45) is 0. The highest BCUT2D eigenvalue weighted by Gasteiger charge is 2.09. The standard InChI is InChI=1S/C23H25N3O2S/c1-15(2)18-6-9-20(10-7-18)26-23(28)12-11-22(25-26)29-14-21(27)24-19-8-5-16(3)17(4)13-19/h5-13,15H,14H2,1-4H3,(H,24,27). The predicted molar refractivity (Wildman–Crippen MR) is 119 cm³/mol. The molecule has 0 saturated heterocycles. The second kappa shape index (κ2) is 9.09. The smallest absolute Gasteiger partial charge is 0.271 e. The minimum atomic E-state index is -0.203. The molecule has 1 amide bonds. The van der Waals surface area contributed by atoms with E-state index in [0.717, 1.165) is 11.3 Å². The van der Waals surface area contributed by atoms with Gasteiger partial charge in [0.2, 0.25) is 5.91 Å². The van der Waals surface area contributed by atoms with Crippen molar-refractivity contribution < 1.29 is 4.79 Å². The fourth-order valence-corrected chi connectivity index (χ4v) is 3.47. The number of nitrogens with one attached hydrogen (secondary N) is 1. The van der Waals surface area contributed by atoms with Crippen LogP contribution in [0.1, 0.15) is 36.5 Å². The van der Waals surface area contributed by atoms with Crippen molar-refractivity contribution in [3.63, 3.8) is 0 Å². The average molecular weight is 408 g/mol. The third kappa shape index (κ3) is 5.35. The molecule has 0 saturated carbocycles. The molecule has 1 aromatic heterocycles. The summed E-state index contributed by atoms with van der Waals surface area (Å²) in [5.74, 6) is 0.523. The van der Waals surface area contributed by atoms with Gasteiger partial charge in [0.05, 0.1) is 11.4 Å². The lowest BCUT2D eigenvalue weighted by molar-refractivity contribution is -0.113. The molecule has 0 spiro atoms. The molecule has 1 N–H and O–H groups in total. The molecule has 0 aliphatic rings. The Balaban J connectivity index is 1.68. The average Bonchev–Trinajstić information content (AvgIpc) is 2.70. The molecule has 1 heterocycles. The van der Waals surface area contributed by atoms with Gasteiger partial charge < -0.3 is 5.32 Å². The number of hydrogen-bond acceptors (Lipinski definition) is 4. The summed E-state index contributed by atoms with van der Waals surface area (Å²) in [6, 6.07) is 16.8. The molecular weight excluding hydrogens is 382 g/mol. The second-order valence-corrected chi connectivity index (χ2v) is 8.30. The molecule has 0 unspecified atom stereocenters. The highest BCUT2D eigenvalue weighted by atomic mass is 32.2. The quantitative estimate of drug-likeness (QED) is 0.602. The largest absolute Gasteiger partial charge is 0.325 e. The zero-order chi connectivity index (χ0) is 21.0. The first-order chi connectivity index (χ1) is 13.8. The SMILES string of the molecule is Cc1ccc(NC(=O)CSc2ccc(=O)n(-c3ccc(C(C)C)cc3)n2)cc1C. The number of anilines is 1. The van der Waals surface area contributed by atoms with Crippen molar-refractivity contribution in [3.05, 3.63) is 81.6 Å². The minimum absolute atomic E-state index is 0.112. The van der Waals surface area contributed by atoms with E-state index in [9.17, 15) is 9.59 Å². The van der Waals surface area contributed by atoms with Gasteiger partial charge in [0.1, 0.15) is 5.03 Å². The zero-order valence-corrected chi connectivity index (χ0v) is 17.9. The maximum Gasteiger partial charge on any atom is 0.271 e. The van der Waals surface area contributed by atoms with Crippen LogP contribution in [0.15, 0.2) is 64.4 Å². The predicted octanol–water partition coefficient (Wildman–Crippen LogP) is 4.70. The molecule has 0 atom stereocenters. The number of aryl methyl sites for hydroxylation is 2. The number of aromatic nitrogens is 2. The summed E-state index contributed by atoms with van der Waals surface area (Å²) in [6.45, 7) is 8.30. The van der Waals surface area contributed by atoms with Gasteiger partial charge in [-0.15, -0.1) is 0 Å². The van der Waals surface area contributed by atoms with Crippen LogP contribution in [0.4, 0.5) is 5.69 Å². The van der Waals surface area contributed by atoms with Crippen LogP contribution in [-0.4, -0.2) is 21.4 Å². The van der Waals surface area contributed by atoms with E-state index < -0.39 is 0 Å². The van der Waals surface area contributed by atoms with Crippen LogP contribution in [0.5, 0.6) is 0 Å². The first kappa shape index (κ1) is 20.9. The second-order valence-electron chi connectivity index (χ2n) is 7.30. The summed E-state index contributed by atoms with van der Waals surface area (Å²) in [4.78, 5) is 24.5. The first-order valence-corrected chi connectivity index (χ1v) is 10.5. The molecular formula is C23H25N3O2S. The first-order valence-electron chi connectivity index (χ1n) is 9.54. The summed E-state index contributed by atoms with van der Waals surface area (Å²) in [7, 11) is 0. The van der Waals surface area contributed by atoms with Crippen LogP contribution in [0.3, 0.4) is 0 Å². The summed E-state index contributed by atoms with van der Waals surface area (Å²) in [5.41, 5.74) is 4.81. The van der Waals surface area contributed by atoms with E-state index in [1.165, 1.54) is 33.6 Å². The van der Waals surface area contributed by atoms with Crippen molar-refractivity contribution in [1.82, 2.24) is 9.78 Å². The van der Waals surface area contributed by atoms with Crippen LogP contribution >= 0.6 is 11.8 Å². The molecule has 5 nitrogen and oxygen atoms in total. The van der Waals surface area contributed by atoms with Crippen molar-refractivity contribution in [2.75, 3.05) is 11.1 Å². The molecule has 0 radical (unpaired) electrons. The van der Waals surface area contributed by atoms with Crippen LogP contribution < -0.4 is 10.9 Å². The Hall–Kier alpha value is -2.86. The third-order valence-electron chi connectivity index (χ3n) is 4.72. The van der Waals surface area contributed by atoms with Crippen LogP contribution in [-0.2, 0) is 4.79 Å². The zero-order valence-electron chi connectivity index (χ0n) is 17.1. The molecule has 6 heteroatoms. The van der Waals surface area contributed by atoms with E-state index in [1.807, 2.05) is 56.3 Å². The highest BCUT2D eigenvalue weighted by molar-refractivity contribution is 7.99. The number of hydrogen-bond donors (Lipinski definition) is 1. The van der Waals surface area contributed by atoms with Gasteiger partial charge in [0.15, 0.2) is 0 Å². The van der Waals surface area contributed by atoms with Crippen molar-refractivity contribution in [2.24, 2.45) is 0 Å². The lowest BCUT2D eigenvalue weighted by Gasteiger charge is -2.10. The van der Waals surface area contributed by atoms with E-state index in [-0.39, 0.29) is 17.2 Å². The van der Waals surface area contributed by atoms with Gasteiger partial charge in [-0.1, -0.05) is 43.8 Å². The Labute approximate surface area is 175 Å².